The number of hydrogen-bond donors (Lipinski definition) is 0. The van der Waals surface area contributed by atoms with Crippen molar-refractivity contribution >= 4 is 25.1 Å². The average molecular weight is 296 g/mol. The minimum absolute atomic E-state index is 0.000343. The summed E-state index contributed by atoms with van der Waals surface area (Å²) in [7, 11) is -2.56. The second-order valence-electron chi connectivity index (χ2n) is 2.99. The van der Waals surface area contributed by atoms with Crippen LogP contribution >= 0.6 is 19.4 Å². The van der Waals surface area contributed by atoms with Crippen LogP contribution in [-0.4, -0.2) is 24.5 Å². The molecule has 0 aliphatic rings. The molecule has 18 heavy (non-hydrogen) atoms. The molecule has 1 unspecified atom stereocenters. The first-order chi connectivity index (χ1) is 8.50. The van der Waals surface area contributed by atoms with Gasteiger partial charge in [-0.05, 0) is 12.1 Å². The molecule has 1 atom stereocenters. The number of nitro benzene ring substituents is 1. The van der Waals surface area contributed by atoms with Gasteiger partial charge in [0, 0.05) is 25.1 Å². The quantitative estimate of drug-likeness (QED) is 0.332. The third kappa shape index (κ3) is 4.27. The van der Waals surface area contributed by atoms with Crippen molar-refractivity contribution in [3.8, 4) is 5.75 Å². The zero-order valence-corrected chi connectivity index (χ0v) is 11.1. The molecule has 0 spiro atoms. The van der Waals surface area contributed by atoms with Gasteiger partial charge in [-0.3, -0.25) is 19.2 Å². The van der Waals surface area contributed by atoms with Crippen LogP contribution in [-0.2, 0) is 13.6 Å². The van der Waals surface area contributed by atoms with Crippen LogP contribution in [0.4, 0.5) is 5.69 Å². The number of hydrogen-bond acceptors (Lipinski definition) is 6. The Morgan fingerprint density at radius 1 is 1.39 bits per heavy atom. The number of benzene rings is 1. The topological polar surface area (TPSA) is 87.9 Å². The summed E-state index contributed by atoms with van der Waals surface area (Å²) >= 11 is 5.39. The first-order valence-corrected chi connectivity index (χ1v) is 6.80. The lowest BCUT2D eigenvalue weighted by Crippen LogP contribution is -2.02. The van der Waals surface area contributed by atoms with Crippen molar-refractivity contribution in [2.75, 3.05) is 19.6 Å². The Labute approximate surface area is 108 Å². The summed E-state index contributed by atoms with van der Waals surface area (Å²) in [6, 6.07) is 5.04. The fourth-order valence-electron chi connectivity index (χ4n) is 1.02. The van der Waals surface area contributed by atoms with E-state index in [-0.39, 0.29) is 23.9 Å². The van der Waals surface area contributed by atoms with Gasteiger partial charge in [0.15, 0.2) is 0 Å². The van der Waals surface area contributed by atoms with Gasteiger partial charge in [0.1, 0.15) is 5.75 Å². The first-order valence-electron chi connectivity index (χ1n) is 4.81. The fourth-order valence-corrected chi connectivity index (χ4v) is 2.13. The smallest absolute Gasteiger partial charge is 0.404 e. The summed E-state index contributed by atoms with van der Waals surface area (Å²) in [5.41, 5.74) is -0.101. The number of non-ortho nitro benzene ring substituents is 1. The monoisotopic (exact) mass is 295 g/mol. The van der Waals surface area contributed by atoms with E-state index in [1.807, 2.05) is 0 Å². The van der Waals surface area contributed by atoms with Gasteiger partial charge in [0.25, 0.3) is 5.69 Å². The first kappa shape index (κ1) is 14.9. The molecule has 0 aliphatic carbocycles. The fraction of sp³-hybridized carbons (Fsp3) is 0.333. The molecule has 1 rings (SSSR count). The molecule has 0 aliphatic heterocycles. The van der Waals surface area contributed by atoms with Gasteiger partial charge in [0.05, 0.1) is 11.5 Å². The molecule has 0 heterocycles. The van der Waals surface area contributed by atoms with Crippen LogP contribution in [0.2, 0.25) is 0 Å². The number of halogens is 1. The Morgan fingerprint density at radius 2 is 2.00 bits per heavy atom. The SMILES string of the molecule is COP(=O)(OCCCl)Oc1ccc([N+](=O)[O-])cc1. The molecule has 0 N–H and O–H groups in total. The van der Waals surface area contributed by atoms with Crippen LogP contribution in [0.5, 0.6) is 5.75 Å². The summed E-state index contributed by atoms with van der Waals surface area (Å²) < 4.78 is 26.4. The third-order valence-corrected chi connectivity index (χ3v) is 3.35. The number of nitro groups is 1. The maximum atomic E-state index is 11.9. The van der Waals surface area contributed by atoms with Gasteiger partial charge in [-0.1, -0.05) is 0 Å². The number of phosphoric ester groups is 1. The highest BCUT2D eigenvalue weighted by molar-refractivity contribution is 7.48. The zero-order chi connectivity index (χ0) is 13.6. The Kier molecular flexibility index (Phi) is 5.55. The molecular formula is C9H11ClNO6P. The highest BCUT2D eigenvalue weighted by atomic mass is 35.5. The van der Waals surface area contributed by atoms with E-state index in [4.69, 9.17) is 20.6 Å². The minimum atomic E-state index is -3.73. The van der Waals surface area contributed by atoms with Gasteiger partial charge in [-0.2, -0.15) is 0 Å². The van der Waals surface area contributed by atoms with Gasteiger partial charge in [0.2, 0.25) is 0 Å². The van der Waals surface area contributed by atoms with E-state index in [0.717, 1.165) is 0 Å². The molecule has 0 saturated heterocycles. The maximum absolute atomic E-state index is 11.9. The van der Waals surface area contributed by atoms with Gasteiger partial charge in [-0.25, -0.2) is 4.57 Å². The third-order valence-electron chi connectivity index (χ3n) is 1.81. The molecule has 0 amide bonds. The van der Waals surface area contributed by atoms with E-state index in [0.29, 0.717) is 0 Å². The largest absolute Gasteiger partial charge is 0.529 e. The summed E-state index contributed by atoms with van der Waals surface area (Å²) in [4.78, 5) is 9.89. The molecule has 1 aromatic carbocycles. The van der Waals surface area contributed by atoms with Crippen molar-refractivity contribution in [3.05, 3.63) is 34.4 Å². The minimum Gasteiger partial charge on any atom is -0.404 e. The summed E-state index contributed by atoms with van der Waals surface area (Å²) in [6.45, 7) is -0.000343. The Morgan fingerprint density at radius 3 is 2.44 bits per heavy atom. The zero-order valence-electron chi connectivity index (χ0n) is 9.45. The molecular weight excluding hydrogens is 285 g/mol. The Hall–Kier alpha value is -1.14. The second kappa shape index (κ2) is 6.70. The number of phosphoric acid groups is 1. The van der Waals surface area contributed by atoms with E-state index in [2.05, 4.69) is 4.52 Å². The second-order valence-corrected chi connectivity index (χ2v) is 5.07. The van der Waals surface area contributed by atoms with Crippen molar-refractivity contribution < 1.29 is 23.1 Å². The standard InChI is InChI=1S/C9H11ClNO6P/c1-15-18(14,16-7-6-10)17-9-4-2-8(3-5-9)11(12)13/h2-5H,6-7H2,1H3. The molecule has 0 radical (unpaired) electrons. The van der Waals surface area contributed by atoms with E-state index in [1.165, 1.54) is 31.4 Å². The average Bonchev–Trinajstić information content (AvgIpc) is 2.37. The van der Waals surface area contributed by atoms with Crippen molar-refractivity contribution in [1.29, 1.82) is 0 Å². The maximum Gasteiger partial charge on any atom is 0.529 e. The molecule has 0 aromatic heterocycles. The molecule has 100 valence electrons. The number of rotatable bonds is 7. The number of nitrogens with zero attached hydrogens (tertiary/aromatic N) is 1. The lowest BCUT2D eigenvalue weighted by molar-refractivity contribution is -0.384. The number of alkyl halides is 1. The summed E-state index contributed by atoms with van der Waals surface area (Å²) in [6.07, 6.45) is 0. The van der Waals surface area contributed by atoms with Crippen LogP contribution in [0.1, 0.15) is 0 Å². The van der Waals surface area contributed by atoms with Crippen molar-refractivity contribution in [2.24, 2.45) is 0 Å². The van der Waals surface area contributed by atoms with Gasteiger partial charge in [-0.15, -0.1) is 11.6 Å². The summed E-state index contributed by atoms with van der Waals surface area (Å²) in [5, 5.41) is 10.4. The van der Waals surface area contributed by atoms with Crippen LogP contribution in [0.25, 0.3) is 0 Å². The molecule has 0 bridgehead atoms. The lowest BCUT2D eigenvalue weighted by Gasteiger charge is -2.15. The molecule has 9 heteroatoms. The Balaban J connectivity index is 2.76. The predicted octanol–water partition coefficient (Wildman–Crippen LogP) is 2.98. The molecule has 0 saturated carbocycles. The predicted molar refractivity (Wildman–Crippen MR) is 65.0 cm³/mol. The highest BCUT2D eigenvalue weighted by Crippen LogP contribution is 2.48. The molecule has 1 aromatic rings. The van der Waals surface area contributed by atoms with Crippen LogP contribution in [0, 0.1) is 10.1 Å². The van der Waals surface area contributed by atoms with E-state index < -0.39 is 12.7 Å². The molecule has 0 fully saturated rings. The van der Waals surface area contributed by atoms with Crippen LogP contribution < -0.4 is 4.52 Å². The van der Waals surface area contributed by atoms with Gasteiger partial charge >= 0.3 is 7.82 Å². The highest BCUT2D eigenvalue weighted by Gasteiger charge is 2.26. The van der Waals surface area contributed by atoms with E-state index in [1.54, 1.807) is 0 Å². The van der Waals surface area contributed by atoms with Crippen molar-refractivity contribution in [1.82, 2.24) is 0 Å². The van der Waals surface area contributed by atoms with Crippen LogP contribution in [0.15, 0.2) is 24.3 Å². The van der Waals surface area contributed by atoms with Gasteiger partial charge < -0.3 is 4.52 Å². The van der Waals surface area contributed by atoms with Crippen molar-refractivity contribution in [3.63, 3.8) is 0 Å². The molecule has 7 nitrogen and oxygen atoms in total. The normalized spacial score (nSPS) is 13.9. The van der Waals surface area contributed by atoms with Crippen LogP contribution in [0.3, 0.4) is 0 Å². The Bertz CT molecular complexity index is 451. The van der Waals surface area contributed by atoms with Crippen molar-refractivity contribution in [2.45, 2.75) is 0 Å². The summed E-state index contributed by atoms with van der Waals surface area (Å²) in [5.74, 6) is 0.275. The lowest BCUT2D eigenvalue weighted by atomic mass is 10.3. The van der Waals surface area contributed by atoms with E-state index >= 15 is 0 Å². The van der Waals surface area contributed by atoms with E-state index in [9.17, 15) is 14.7 Å².